The maximum atomic E-state index is 11.6. The molecule has 1 aromatic rings. The van der Waals surface area contributed by atoms with Gasteiger partial charge in [0.15, 0.2) is 0 Å². The number of ether oxygens (including phenoxy) is 1. The molecular weight excluding hydrogens is 279 g/mol. The molecule has 0 saturated heterocycles. The Morgan fingerprint density at radius 2 is 2.00 bits per heavy atom. The third-order valence-electron chi connectivity index (χ3n) is 2.74. The van der Waals surface area contributed by atoms with Crippen LogP contribution in [0.3, 0.4) is 0 Å². The molecule has 0 atom stereocenters. The van der Waals surface area contributed by atoms with Crippen molar-refractivity contribution in [3.63, 3.8) is 0 Å². The Bertz CT molecular complexity index is 407. The SMILES string of the molecule is CCn1[c-]c(C)c2c1C(C)(C)C(=O)O2.[CH3-].[Y]. The van der Waals surface area contributed by atoms with Gasteiger partial charge >= 0.3 is 0 Å². The summed E-state index contributed by atoms with van der Waals surface area (Å²) in [5.41, 5.74) is 1.35. The first kappa shape index (κ1) is 15.9. The molecule has 0 unspecified atom stereocenters. The van der Waals surface area contributed by atoms with E-state index in [2.05, 4.69) is 6.20 Å². The number of hydrogen-bond donors (Lipinski definition) is 0. The maximum Gasteiger partial charge on any atom is 0.297 e. The molecule has 0 bridgehead atoms. The van der Waals surface area contributed by atoms with E-state index < -0.39 is 5.41 Å². The monoisotopic (exact) mass is 296 g/mol. The fourth-order valence-electron chi connectivity index (χ4n) is 1.91. The van der Waals surface area contributed by atoms with Gasteiger partial charge in [-0.05, 0) is 19.2 Å². The number of aromatic nitrogens is 1. The van der Waals surface area contributed by atoms with Crippen LogP contribution in [0.1, 0.15) is 32.0 Å². The molecular formula is C12H17NO2Y-2. The standard InChI is InChI=1S/C11H14NO2.CH3.Y/c1-5-12-6-7(2)8-9(12)11(3,4)10(13)14-8;;/h5H2,1-4H3;1H3;/q2*-1;. The average Bonchev–Trinajstić information content (AvgIpc) is 2.53. The molecule has 0 amide bonds. The fraction of sp³-hybridized carbons (Fsp3) is 0.500. The molecule has 2 rings (SSSR count). The summed E-state index contributed by atoms with van der Waals surface area (Å²) in [7, 11) is 0. The second-order valence-corrected chi connectivity index (χ2v) is 4.17. The molecule has 1 aliphatic heterocycles. The zero-order valence-electron chi connectivity index (χ0n) is 10.5. The Labute approximate surface area is 122 Å². The predicted molar refractivity (Wildman–Crippen MR) is 58.8 cm³/mol. The number of esters is 1. The molecule has 16 heavy (non-hydrogen) atoms. The molecule has 0 fully saturated rings. The minimum Gasteiger partial charge on any atom is -0.501 e. The summed E-state index contributed by atoms with van der Waals surface area (Å²) in [5.74, 6) is 0.545. The summed E-state index contributed by atoms with van der Waals surface area (Å²) in [5, 5.41) is 0. The van der Waals surface area contributed by atoms with Crippen molar-refractivity contribution in [1.29, 1.82) is 0 Å². The molecule has 4 heteroatoms. The van der Waals surface area contributed by atoms with E-state index in [4.69, 9.17) is 4.74 Å². The molecule has 0 N–H and O–H groups in total. The second-order valence-electron chi connectivity index (χ2n) is 4.17. The number of rotatable bonds is 1. The minimum absolute atomic E-state index is 0. The van der Waals surface area contributed by atoms with E-state index >= 15 is 0 Å². The minimum atomic E-state index is -0.532. The van der Waals surface area contributed by atoms with Crippen LogP contribution in [0.25, 0.3) is 0 Å². The van der Waals surface area contributed by atoms with E-state index in [0.717, 1.165) is 17.8 Å². The first-order chi connectivity index (χ1) is 6.48. The van der Waals surface area contributed by atoms with Crippen molar-refractivity contribution in [2.75, 3.05) is 0 Å². The number of fused-ring (bicyclic) bond motifs is 1. The Balaban J connectivity index is 0.00000112. The zero-order chi connectivity index (χ0) is 10.5. The van der Waals surface area contributed by atoms with Gasteiger partial charge in [-0.1, -0.05) is 32.7 Å². The van der Waals surface area contributed by atoms with E-state index in [1.165, 1.54) is 0 Å². The topological polar surface area (TPSA) is 31.2 Å². The van der Waals surface area contributed by atoms with Crippen molar-refractivity contribution in [2.45, 2.75) is 39.7 Å². The van der Waals surface area contributed by atoms with Gasteiger partial charge in [0, 0.05) is 38.1 Å². The summed E-state index contributed by atoms with van der Waals surface area (Å²) in [4.78, 5) is 11.6. The van der Waals surface area contributed by atoms with Gasteiger partial charge in [-0.15, -0.1) is 5.56 Å². The van der Waals surface area contributed by atoms with Crippen molar-refractivity contribution in [3.8, 4) is 5.75 Å². The number of aryl methyl sites for hydroxylation is 2. The molecule has 0 spiro atoms. The van der Waals surface area contributed by atoms with Gasteiger partial charge in [0.2, 0.25) is 0 Å². The van der Waals surface area contributed by atoms with Crippen LogP contribution in [0, 0.1) is 20.5 Å². The molecule has 0 aromatic carbocycles. The molecule has 0 aliphatic carbocycles. The van der Waals surface area contributed by atoms with Gasteiger partial charge in [0.25, 0.3) is 5.97 Å². The molecule has 87 valence electrons. The fourth-order valence-corrected chi connectivity index (χ4v) is 1.91. The van der Waals surface area contributed by atoms with E-state index in [9.17, 15) is 4.79 Å². The molecule has 2 heterocycles. The Hall–Kier alpha value is -0.146. The van der Waals surface area contributed by atoms with Crippen LogP contribution in [0.15, 0.2) is 0 Å². The third kappa shape index (κ3) is 2.00. The summed E-state index contributed by atoms with van der Waals surface area (Å²) in [6, 6.07) is 0. The van der Waals surface area contributed by atoms with E-state index in [-0.39, 0.29) is 46.1 Å². The smallest absolute Gasteiger partial charge is 0.297 e. The van der Waals surface area contributed by atoms with Crippen molar-refractivity contribution >= 4 is 5.97 Å². The van der Waals surface area contributed by atoms with Crippen LogP contribution in [-0.4, -0.2) is 10.5 Å². The van der Waals surface area contributed by atoms with Gasteiger partial charge in [0.1, 0.15) is 0 Å². The van der Waals surface area contributed by atoms with Crippen LogP contribution in [0.5, 0.6) is 5.75 Å². The zero-order valence-corrected chi connectivity index (χ0v) is 13.4. The summed E-state index contributed by atoms with van der Waals surface area (Å²) >= 11 is 0. The first-order valence-corrected chi connectivity index (χ1v) is 4.83. The Morgan fingerprint density at radius 1 is 1.44 bits per heavy atom. The van der Waals surface area contributed by atoms with Crippen molar-refractivity contribution in [1.82, 2.24) is 4.57 Å². The largest absolute Gasteiger partial charge is 0.501 e. The number of hydrogen-bond acceptors (Lipinski definition) is 2. The van der Waals surface area contributed by atoms with E-state index in [1.807, 2.05) is 32.3 Å². The summed E-state index contributed by atoms with van der Waals surface area (Å²) < 4.78 is 7.21. The average molecular weight is 296 g/mol. The van der Waals surface area contributed by atoms with Crippen LogP contribution in [-0.2, 0) is 49.5 Å². The normalized spacial score (nSPS) is 15.9. The molecule has 3 nitrogen and oxygen atoms in total. The molecule has 1 aliphatic rings. The van der Waals surface area contributed by atoms with Crippen LogP contribution in [0.2, 0.25) is 0 Å². The van der Waals surface area contributed by atoms with Crippen molar-refractivity contribution in [2.24, 2.45) is 0 Å². The summed E-state index contributed by atoms with van der Waals surface area (Å²) in [6.07, 6.45) is 3.18. The molecule has 0 saturated carbocycles. The number of nitrogens with zero attached hydrogens (tertiary/aromatic N) is 1. The van der Waals surface area contributed by atoms with Crippen molar-refractivity contribution in [3.05, 3.63) is 24.9 Å². The number of carbonyl (C=O) groups excluding carboxylic acids is 1. The van der Waals surface area contributed by atoms with Crippen LogP contribution < -0.4 is 4.74 Å². The van der Waals surface area contributed by atoms with Crippen LogP contribution >= 0.6 is 0 Å². The maximum absolute atomic E-state index is 11.6. The molecule has 1 aromatic heterocycles. The van der Waals surface area contributed by atoms with E-state index in [1.54, 1.807) is 0 Å². The van der Waals surface area contributed by atoms with Gasteiger partial charge in [0.05, 0.1) is 0 Å². The molecule has 1 radical (unpaired) electrons. The number of carbonyl (C=O) groups is 1. The third-order valence-corrected chi connectivity index (χ3v) is 2.74. The van der Waals surface area contributed by atoms with Crippen molar-refractivity contribution < 1.29 is 42.2 Å². The second kappa shape index (κ2) is 5.01. The van der Waals surface area contributed by atoms with Gasteiger partial charge in [-0.25, -0.2) is 0 Å². The predicted octanol–water partition coefficient (Wildman–Crippen LogP) is 2.26. The quantitative estimate of drug-likeness (QED) is 0.588. The van der Waals surface area contributed by atoms with Gasteiger partial charge in [-0.3, -0.25) is 4.79 Å². The van der Waals surface area contributed by atoms with E-state index in [0.29, 0.717) is 5.75 Å². The Morgan fingerprint density at radius 3 is 2.50 bits per heavy atom. The van der Waals surface area contributed by atoms with Crippen LogP contribution in [0.4, 0.5) is 0 Å². The van der Waals surface area contributed by atoms with Gasteiger partial charge in [-0.2, -0.15) is 0 Å². The Kier molecular flexibility index (Phi) is 4.96. The van der Waals surface area contributed by atoms with Gasteiger partial charge < -0.3 is 16.7 Å². The first-order valence-electron chi connectivity index (χ1n) is 4.83. The summed E-state index contributed by atoms with van der Waals surface area (Å²) in [6.45, 7) is 8.55.